The molecule has 1 aromatic heterocycles. The number of allylic oxidation sites excluding steroid dienone is 1. The van der Waals surface area contributed by atoms with E-state index >= 15 is 0 Å². The van der Waals surface area contributed by atoms with Gasteiger partial charge in [0.05, 0.1) is 5.56 Å². The first-order valence-corrected chi connectivity index (χ1v) is 4.97. The molecule has 0 aliphatic heterocycles. The molecule has 0 saturated heterocycles. The smallest absolute Gasteiger partial charge is 0.264 e. The van der Waals surface area contributed by atoms with Gasteiger partial charge < -0.3 is 0 Å². The molecule has 0 atom stereocenters. The normalized spacial score (nSPS) is 12.3. The molecule has 0 aliphatic rings. The summed E-state index contributed by atoms with van der Waals surface area (Å²) in [6.45, 7) is 0. The van der Waals surface area contributed by atoms with E-state index in [-0.39, 0.29) is 5.56 Å². The summed E-state index contributed by atoms with van der Waals surface area (Å²) in [6, 6.07) is 0.973. The highest BCUT2D eigenvalue weighted by Crippen LogP contribution is 2.31. The molecule has 15 heavy (non-hydrogen) atoms. The molecule has 0 saturated carbocycles. The van der Waals surface area contributed by atoms with Crippen LogP contribution in [0.25, 0.3) is 6.08 Å². The summed E-state index contributed by atoms with van der Waals surface area (Å²) in [4.78, 5) is 3.67. The van der Waals surface area contributed by atoms with Crippen LogP contribution >= 0.6 is 12.6 Å². The number of pyridine rings is 1. The Morgan fingerprint density at radius 3 is 2.73 bits per heavy atom. The predicted octanol–water partition coefficient (Wildman–Crippen LogP) is 3.43. The standard InChI is InChI=1S/C10H10F3NS/c11-10(12,13)9-4-5-14-7-8(9)3-1-2-6-15/h1,3-5,7,15H,2,6H2. The fourth-order valence-electron chi connectivity index (χ4n) is 1.08. The minimum atomic E-state index is -4.33. The van der Waals surface area contributed by atoms with Crippen molar-refractivity contribution in [2.75, 3.05) is 5.75 Å². The molecule has 5 heteroatoms. The van der Waals surface area contributed by atoms with Gasteiger partial charge in [0, 0.05) is 18.0 Å². The van der Waals surface area contributed by atoms with Crippen LogP contribution in [0.2, 0.25) is 0 Å². The fourth-order valence-corrected chi connectivity index (χ4v) is 1.23. The fraction of sp³-hybridized carbons (Fsp3) is 0.300. The zero-order chi connectivity index (χ0) is 11.3. The van der Waals surface area contributed by atoms with Crippen LogP contribution < -0.4 is 0 Å². The predicted molar refractivity (Wildman–Crippen MR) is 56.7 cm³/mol. The van der Waals surface area contributed by atoms with E-state index in [1.165, 1.54) is 12.3 Å². The van der Waals surface area contributed by atoms with Crippen LogP contribution in [-0.2, 0) is 6.18 Å². The maximum absolute atomic E-state index is 12.5. The molecule has 1 nitrogen and oxygen atoms in total. The van der Waals surface area contributed by atoms with E-state index in [0.717, 1.165) is 12.3 Å². The Morgan fingerprint density at radius 2 is 2.13 bits per heavy atom. The van der Waals surface area contributed by atoms with Gasteiger partial charge >= 0.3 is 6.18 Å². The van der Waals surface area contributed by atoms with E-state index < -0.39 is 11.7 Å². The van der Waals surface area contributed by atoms with Crippen molar-refractivity contribution in [1.29, 1.82) is 0 Å². The number of thiol groups is 1. The Balaban J connectivity index is 2.97. The molecular formula is C10H10F3NS. The first kappa shape index (κ1) is 12.1. The molecule has 0 unspecified atom stereocenters. The van der Waals surface area contributed by atoms with Crippen molar-refractivity contribution in [3.8, 4) is 0 Å². The maximum Gasteiger partial charge on any atom is 0.417 e. The first-order chi connectivity index (χ1) is 7.05. The zero-order valence-corrected chi connectivity index (χ0v) is 8.72. The molecule has 0 fully saturated rings. The number of hydrogen-bond donors (Lipinski definition) is 1. The van der Waals surface area contributed by atoms with Crippen LogP contribution in [0.4, 0.5) is 13.2 Å². The average Bonchev–Trinajstić information content (AvgIpc) is 2.17. The second kappa shape index (κ2) is 5.21. The van der Waals surface area contributed by atoms with Crippen molar-refractivity contribution in [2.45, 2.75) is 12.6 Å². The lowest BCUT2D eigenvalue weighted by Crippen LogP contribution is -2.07. The highest BCUT2D eigenvalue weighted by Gasteiger charge is 2.32. The summed E-state index contributed by atoms with van der Waals surface area (Å²) >= 11 is 3.96. The summed E-state index contributed by atoms with van der Waals surface area (Å²) in [5.74, 6) is 0.609. The summed E-state index contributed by atoms with van der Waals surface area (Å²) in [6.07, 6.45) is 1.72. The molecular weight excluding hydrogens is 223 g/mol. The zero-order valence-electron chi connectivity index (χ0n) is 7.83. The van der Waals surface area contributed by atoms with E-state index in [1.807, 2.05) is 0 Å². The Hall–Kier alpha value is -0.970. The van der Waals surface area contributed by atoms with Crippen LogP contribution in [-0.4, -0.2) is 10.7 Å². The van der Waals surface area contributed by atoms with Crippen molar-refractivity contribution in [2.24, 2.45) is 0 Å². The lowest BCUT2D eigenvalue weighted by atomic mass is 10.1. The molecule has 0 amide bonds. The molecule has 0 aliphatic carbocycles. The lowest BCUT2D eigenvalue weighted by Gasteiger charge is -2.08. The number of halogens is 3. The second-order valence-corrected chi connectivity index (χ2v) is 3.32. The SMILES string of the molecule is FC(F)(F)c1ccncc1C=CCCS. The average molecular weight is 233 g/mol. The molecule has 0 bridgehead atoms. The number of alkyl halides is 3. The maximum atomic E-state index is 12.5. The van der Waals surface area contributed by atoms with Crippen LogP contribution in [0.5, 0.6) is 0 Å². The first-order valence-electron chi connectivity index (χ1n) is 4.34. The van der Waals surface area contributed by atoms with Gasteiger partial charge in [0.15, 0.2) is 0 Å². The molecule has 0 N–H and O–H groups in total. The third-order valence-corrected chi connectivity index (χ3v) is 2.01. The third-order valence-electron chi connectivity index (χ3n) is 1.75. The molecule has 0 radical (unpaired) electrons. The monoisotopic (exact) mass is 233 g/mol. The molecule has 1 heterocycles. The van der Waals surface area contributed by atoms with Gasteiger partial charge in [-0.05, 0) is 18.2 Å². The summed E-state index contributed by atoms with van der Waals surface area (Å²) < 4.78 is 37.4. The number of hydrogen-bond acceptors (Lipinski definition) is 2. The van der Waals surface area contributed by atoms with E-state index in [9.17, 15) is 13.2 Å². The number of aromatic nitrogens is 1. The number of nitrogens with zero attached hydrogens (tertiary/aromatic N) is 1. The van der Waals surface area contributed by atoms with Gasteiger partial charge in [0.1, 0.15) is 0 Å². The van der Waals surface area contributed by atoms with Crippen LogP contribution in [0.3, 0.4) is 0 Å². The molecule has 1 aromatic rings. The molecule has 1 rings (SSSR count). The highest BCUT2D eigenvalue weighted by molar-refractivity contribution is 7.80. The van der Waals surface area contributed by atoms with Crippen molar-refractivity contribution in [3.05, 3.63) is 35.7 Å². The van der Waals surface area contributed by atoms with Crippen LogP contribution in [0.1, 0.15) is 17.5 Å². The van der Waals surface area contributed by atoms with Gasteiger partial charge in [-0.2, -0.15) is 25.8 Å². The van der Waals surface area contributed by atoms with E-state index in [2.05, 4.69) is 17.6 Å². The Labute approximate surface area is 91.4 Å². The largest absolute Gasteiger partial charge is 0.417 e. The van der Waals surface area contributed by atoms with E-state index in [0.29, 0.717) is 12.2 Å². The van der Waals surface area contributed by atoms with Gasteiger partial charge in [-0.1, -0.05) is 12.2 Å². The van der Waals surface area contributed by atoms with Crippen molar-refractivity contribution < 1.29 is 13.2 Å². The topological polar surface area (TPSA) is 12.9 Å². The van der Waals surface area contributed by atoms with Gasteiger partial charge in [0.25, 0.3) is 0 Å². The second-order valence-electron chi connectivity index (χ2n) is 2.88. The lowest BCUT2D eigenvalue weighted by molar-refractivity contribution is -0.137. The summed E-state index contributed by atoms with van der Waals surface area (Å²) in [7, 11) is 0. The van der Waals surface area contributed by atoms with Crippen molar-refractivity contribution in [3.63, 3.8) is 0 Å². The highest BCUT2D eigenvalue weighted by atomic mass is 32.1. The summed E-state index contributed by atoms with van der Waals surface area (Å²) in [5.41, 5.74) is -0.570. The van der Waals surface area contributed by atoms with Crippen LogP contribution in [0, 0.1) is 0 Å². The van der Waals surface area contributed by atoms with Crippen LogP contribution in [0.15, 0.2) is 24.5 Å². The van der Waals surface area contributed by atoms with Gasteiger partial charge in [0.2, 0.25) is 0 Å². The quantitative estimate of drug-likeness (QED) is 0.789. The molecule has 0 spiro atoms. The Kier molecular flexibility index (Phi) is 4.20. The molecule has 82 valence electrons. The van der Waals surface area contributed by atoms with Gasteiger partial charge in [-0.3, -0.25) is 4.98 Å². The minimum absolute atomic E-state index is 0.0896. The number of rotatable bonds is 3. The summed E-state index contributed by atoms with van der Waals surface area (Å²) in [5, 5.41) is 0. The van der Waals surface area contributed by atoms with Crippen molar-refractivity contribution >= 4 is 18.7 Å². The van der Waals surface area contributed by atoms with Gasteiger partial charge in [-0.25, -0.2) is 0 Å². The van der Waals surface area contributed by atoms with Crippen molar-refractivity contribution in [1.82, 2.24) is 4.98 Å². The molecule has 0 aromatic carbocycles. The van der Waals surface area contributed by atoms with E-state index in [1.54, 1.807) is 6.08 Å². The third kappa shape index (κ3) is 3.58. The van der Waals surface area contributed by atoms with Gasteiger partial charge in [-0.15, -0.1) is 0 Å². The Bertz CT molecular complexity index is 347. The minimum Gasteiger partial charge on any atom is -0.264 e. The Morgan fingerprint density at radius 1 is 1.40 bits per heavy atom. The van der Waals surface area contributed by atoms with E-state index in [4.69, 9.17) is 0 Å².